The van der Waals surface area contributed by atoms with Crippen molar-refractivity contribution in [2.24, 2.45) is 5.92 Å². The van der Waals surface area contributed by atoms with Crippen LogP contribution < -0.4 is 10.1 Å². The molecule has 128 valence electrons. The van der Waals surface area contributed by atoms with E-state index in [1.54, 1.807) is 0 Å². The Balaban J connectivity index is 1.49. The maximum absolute atomic E-state index is 12.5. The fourth-order valence-corrected chi connectivity index (χ4v) is 3.28. The Hall–Kier alpha value is -2.30. The van der Waals surface area contributed by atoms with E-state index in [-0.39, 0.29) is 11.8 Å². The molecule has 0 saturated carbocycles. The summed E-state index contributed by atoms with van der Waals surface area (Å²) in [7, 11) is 0. The van der Waals surface area contributed by atoms with Crippen molar-refractivity contribution in [3.8, 4) is 5.75 Å². The van der Waals surface area contributed by atoms with Crippen LogP contribution in [-0.2, 0) is 17.6 Å². The number of rotatable bonds is 5. The van der Waals surface area contributed by atoms with Crippen LogP contribution in [0.1, 0.15) is 35.4 Å². The molecule has 0 fully saturated rings. The topological polar surface area (TPSA) is 67.0 Å². The Kier molecular flexibility index (Phi) is 5.18. The number of fused-ring (bicyclic) bond motifs is 1. The third-order valence-corrected chi connectivity index (χ3v) is 4.72. The second kappa shape index (κ2) is 7.51. The highest BCUT2D eigenvalue weighted by Gasteiger charge is 2.23. The van der Waals surface area contributed by atoms with Gasteiger partial charge in [0.2, 0.25) is 5.91 Å². The van der Waals surface area contributed by atoms with Crippen LogP contribution >= 0.6 is 0 Å². The maximum atomic E-state index is 12.5. The van der Waals surface area contributed by atoms with Crippen molar-refractivity contribution in [1.82, 2.24) is 15.5 Å². The summed E-state index contributed by atoms with van der Waals surface area (Å²) < 4.78 is 5.74. The summed E-state index contributed by atoms with van der Waals surface area (Å²) in [6, 6.07) is 7.99. The van der Waals surface area contributed by atoms with E-state index in [1.165, 1.54) is 5.56 Å². The third kappa shape index (κ3) is 3.78. The van der Waals surface area contributed by atoms with Gasteiger partial charge < -0.3 is 10.1 Å². The van der Waals surface area contributed by atoms with Gasteiger partial charge in [-0.1, -0.05) is 18.2 Å². The Morgan fingerprint density at radius 3 is 3.00 bits per heavy atom. The molecule has 1 aliphatic rings. The van der Waals surface area contributed by atoms with Crippen molar-refractivity contribution < 1.29 is 9.53 Å². The van der Waals surface area contributed by atoms with Gasteiger partial charge in [-0.05, 0) is 56.7 Å². The van der Waals surface area contributed by atoms with E-state index in [2.05, 4.69) is 15.5 Å². The minimum atomic E-state index is -0.00829. The number of hydrogen-bond donors (Lipinski definition) is 2. The molecule has 0 saturated heterocycles. The Labute approximate surface area is 142 Å². The van der Waals surface area contributed by atoms with Gasteiger partial charge >= 0.3 is 0 Å². The summed E-state index contributed by atoms with van der Waals surface area (Å²) in [5.74, 6) is 1.04. The number of hydrogen-bond acceptors (Lipinski definition) is 3. The zero-order valence-corrected chi connectivity index (χ0v) is 14.4. The monoisotopic (exact) mass is 327 g/mol. The molecule has 2 N–H and O–H groups in total. The number of aromatic nitrogens is 2. The molecule has 2 aromatic rings. The average molecular weight is 327 g/mol. The van der Waals surface area contributed by atoms with Gasteiger partial charge in [0, 0.05) is 18.2 Å². The van der Waals surface area contributed by atoms with Gasteiger partial charge in [0.15, 0.2) is 0 Å². The van der Waals surface area contributed by atoms with E-state index in [9.17, 15) is 4.79 Å². The molecule has 0 radical (unpaired) electrons. The molecule has 0 bridgehead atoms. The molecular formula is C19H25N3O2. The minimum Gasteiger partial charge on any atom is -0.493 e. The van der Waals surface area contributed by atoms with Crippen molar-refractivity contribution in [1.29, 1.82) is 0 Å². The SMILES string of the molecule is Cc1n[nH]c(C)c1CCCNC(=O)[C@@H]1CCOc2ccccc2C1. The number of aromatic amines is 1. The van der Waals surface area contributed by atoms with Crippen LogP contribution in [0.2, 0.25) is 0 Å². The average Bonchev–Trinajstić information content (AvgIpc) is 2.79. The van der Waals surface area contributed by atoms with Gasteiger partial charge in [-0.25, -0.2) is 0 Å². The predicted molar refractivity (Wildman–Crippen MR) is 93.1 cm³/mol. The first-order valence-electron chi connectivity index (χ1n) is 8.64. The summed E-state index contributed by atoms with van der Waals surface area (Å²) in [5, 5.41) is 10.3. The number of benzene rings is 1. The minimum absolute atomic E-state index is 0.00829. The predicted octanol–water partition coefficient (Wildman–Crippen LogP) is 2.72. The molecule has 1 amide bonds. The number of ether oxygens (including phenoxy) is 1. The van der Waals surface area contributed by atoms with Gasteiger partial charge in [0.05, 0.1) is 12.3 Å². The fourth-order valence-electron chi connectivity index (χ4n) is 3.28. The largest absolute Gasteiger partial charge is 0.493 e. The molecule has 24 heavy (non-hydrogen) atoms. The highest BCUT2D eigenvalue weighted by Crippen LogP contribution is 2.26. The number of carbonyl (C=O) groups excluding carboxylic acids is 1. The van der Waals surface area contributed by atoms with Gasteiger partial charge in [0.25, 0.3) is 0 Å². The van der Waals surface area contributed by atoms with E-state index in [4.69, 9.17) is 4.74 Å². The van der Waals surface area contributed by atoms with Crippen molar-refractivity contribution in [3.63, 3.8) is 0 Å². The highest BCUT2D eigenvalue weighted by molar-refractivity contribution is 5.79. The second-order valence-corrected chi connectivity index (χ2v) is 6.45. The Morgan fingerprint density at radius 1 is 1.38 bits per heavy atom. The smallest absolute Gasteiger partial charge is 0.223 e. The number of nitrogens with zero attached hydrogens (tertiary/aromatic N) is 1. The molecule has 1 aliphatic heterocycles. The molecule has 5 nitrogen and oxygen atoms in total. The lowest BCUT2D eigenvalue weighted by molar-refractivity contribution is -0.125. The summed E-state index contributed by atoms with van der Waals surface area (Å²) in [5.41, 5.74) is 4.56. The van der Waals surface area contributed by atoms with Gasteiger partial charge in [-0.3, -0.25) is 9.89 Å². The van der Waals surface area contributed by atoms with Crippen molar-refractivity contribution in [3.05, 3.63) is 46.8 Å². The lowest BCUT2D eigenvalue weighted by Crippen LogP contribution is -2.33. The number of para-hydroxylation sites is 1. The van der Waals surface area contributed by atoms with Crippen LogP contribution in [-0.4, -0.2) is 29.3 Å². The molecule has 1 aromatic carbocycles. The molecule has 2 heterocycles. The van der Waals surface area contributed by atoms with Crippen LogP contribution in [0, 0.1) is 19.8 Å². The standard InChI is InChI=1S/C19H25N3O2/c1-13-17(14(2)22-21-13)7-5-10-20-19(23)16-9-11-24-18-8-4-3-6-15(18)12-16/h3-4,6,8,16H,5,7,9-12H2,1-2H3,(H,20,23)(H,21,22)/t16-/m1/s1. The summed E-state index contributed by atoms with van der Waals surface area (Å²) >= 11 is 0. The number of amides is 1. The molecular weight excluding hydrogens is 302 g/mol. The van der Waals surface area contributed by atoms with E-state index in [1.807, 2.05) is 38.1 Å². The fraction of sp³-hybridized carbons (Fsp3) is 0.474. The van der Waals surface area contributed by atoms with Crippen LogP contribution in [0.15, 0.2) is 24.3 Å². The Bertz CT molecular complexity index is 689. The zero-order chi connectivity index (χ0) is 16.9. The number of H-pyrrole nitrogens is 1. The molecule has 1 atom stereocenters. The molecule has 0 unspecified atom stereocenters. The molecule has 5 heteroatoms. The van der Waals surface area contributed by atoms with Crippen LogP contribution in [0.5, 0.6) is 5.75 Å². The van der Waals surface area contributed by atoms with Crippen LogP contribution in [0.3, 0.4) is 0 Å². The zero-order valence-electron chi connectivity index (χ0n) is 14.4. The second-order valence-electron chi connectivity index (χ2n) is 6.45. The van der Waals surface area contributed by atoms with Gasteiger partial charge in [-0.2, -0.15) is 5.10 Å². The van der Waals surface area contributed by atoms with Gasteiger partial charge in [0.1, 0.15) is 5.75 Å². The van der Waals surface area contributed by atoms with E-state index >= 15 is 0 Å². The number of aryl methyl sites for hydroxylation is 2. The lowest BCUT2D eigenvalue weighted by Gasteiger charge is -2.14. The van der Waals surface area contributed by atoms with E-state index in [0.717, 1.165) is 48.4 Å². The number of nitrogens with one attached hydrogen (secondary N) is 2. The van der Waals surface area contributed by atoms with Gasteiger partial charge in [-0.15, -0.1) is 0 Å². The normalized spacial score (nSPS) is 16.8. The van der Waals surface area contributed by atoms with Crippen LogP contribution in [0.25, 0.3) is 0 Å². The molecule has 0 spiro atoms. The first-order chi connectivity index (χ1) is 11.6. The first kappa shape index (κ1) is 16.6. The third-order valence-electron chi connectivity index (χ3n) is 4.72. The summed E-state index contributed by atoms with van der Waals surface area (Å²) in [6.45, 7) is 5.35. The van der Waals surface area contributed by atoms with E-state index in [0.29, 0.717) is 13.2 Å². The number of carbonyl (C=O) groups is 1. The highest BCUT2D eigenvalue weighted by atomic mass is 16.5. The quantitative estimate of drug-likeness (QED) is 0.830. The van der Waals surface area contributed by atoms with Crippen LogP contribution in [0.4, 0.5) is 0 Å². The van der Waals surface area contributed by atoms with Crippen molar-refractivity contribution >= 4 is 5.91 Å². The summed E-state index contributed by atoms with van der Waals surface area (Å²) in [6.07, 6.45) is 3.38. The molecule has 1 aromatic heterocycles. The summed E-state index contributed by atoms with van der Waals surface area (Å²) in [4.78, 5) is 12.5. The molecule has 3 rings (SSSR count). The van der Waals surface area contributed by atoms with Crippen molar-refractivity contribution in [2.75, 3.05) is 13.2 Å². The maximum Gasteiger partial charge on any atom is 0.223 e. The van der Waals surface area contributed by atoms with E-state index < -0.39 is 0 Å². The molecule has 0 aliphatic carbocycles. The van der Waals surface area contributed by atoms with Crippen molar-refractivity contribution in [2.45, 2.75) is 39.5 Å². The first-order valence-corrected chi connectivity index (χ1v) is 8.64. The lowest BCUT2D eigenvalue weighted by atomic mass is 9.96. The Morgan fingerprint density at radius 2 is 2.21 bits per heavy atom.